The molecule has 96 valence electrons. The lowest BCUT2D eigenvalue weighted by atomic mass is 10.1. The summed E-state index contributed by atoms with van der Waals surface area (Å²) in [6.07, 6.45) is 1.66. The summed E-state index contributed by atoms with van der Waals surface area (Å²) in [7, 11) is 0. The number of benzene rings is 1. The summed E-state index contributed by atoms with van der Waals surface area (Å²) < 4.78 is 0. The molecule has 3 aromatic rings. The first-order chi connectivity index (χ1) is 9.11. The third kappa shape index (κ3) is 1.61. The Kier molecular flexibility index (Phi) is 2.39. The number of pyridine rings is 1. The Morgan fingerprint density at radius 1 is 1.37 bits per heavy atom. The fourth-order valence-corrected chi connectivity index (χ4v) is 2.35. The molecule has 0 aliphatic carbocycles. The van der Waals surface area contributed by atoms with Gasteiger partial charge in [-0.15, -0.1) is 0 Å². The number of aromatic nitrogens is 2. The zero-order valence-corrected chi connectivity index (χ0v) is 9.97. The van der Waals surface area contributed by atoms with E-state index in [4.69, 9.17) is 11.5 Å². The Hall–Kier alpha value is -2.60. The van der Waals surface area contributed by atoms with Crippen LogP contribution in [0.4, 0.5) is 5.82 Å². The molecule has 3 rings (SSSR count). The summed E-state index contributed by atoms with van der Waals surface area (Å²) in [6.45, 7) is 0.137. The molecule has 0 fully saturated rings. The van der Waals surface area contributed by atoms with Crippen LogP contribution in [0.1, 0.15) is 16.1 Å². The first kappa shape index (κ1) is 11.5. The number of carbonyl (C=O) groups is 1. The maximum absolute atomic E-state index is 11.3. The van der Waals surface area contributed by atoms with E-state index in [2.05, 4.69) is 9.97 Å². The van der Waals surface area contributed by atoms with Crippen LogP contribution in [0.5, 0.6) is 0 Å². The van der Waals surface area contributed by atoms with E-state index in [-0.39, 0.29) is 12.1 Å². The summed E-state index contributed by atoms with van der Waals surface area (Å²) in [6, 6.07) is 5.30. The van der Waals surface area contributed by atoms with Crippen molar-refractivity contribution < 1.29 is 9.90 Å². The summed E-state index contributed by atoms with van der Waals surface area (Å²) in [4.78, 5) is 18.4. The van der Waals surface area contributed by atoms with Gasteiger partial charge in [-0.1, -0.05) is 12.1 Å². The molecular formula is C13H12N4O2. The number of nitrogen functional groups attached to an aromatic ring is 1. The molecule has 2 heterocycles. The highest BCUT2D eigenvalue weighted by Gasteiger charge is 2.18. The molecule has 1 aromatic carbocycles. The molecule has 0 spiro atoms. The second-order valence-corrected chi connectivity index (χ2v) is 4.31. The van der Waals surface area contributed by atoms with Crippen molar-refractivity contribution in [3.8, 4) is 0 Å². The highest BCUT2D eigenvalue weighted by atomic mass is 16.4. The predicted molar refractivity (Wildman–Crippen MR) is 72.9 cm³/mol. The number of nitrogens with zero attached hydrogens (tertiary/aromatic N) is 1. The van der Waals surface area contributed by atoms with E-state index < -0.39 is 5.97 Å². The second kappa shape index (κ2) is 3.96. The third-order valence-corrected chi connectivity index (χ3v) is 3.19. The van der Waals surface area contributed by atoms with Crippen LogP contribution in [0.2, 0.25) is 0 Å². The molecule has 6 nitrogen and oxygen atoms in total. The highest BCUT2D eigenvalue weighted by Crippen LogP contribution is 2.29. The van der Waals surface area contributed by atoms with E-state index in [1.807, 2.05) is 6.07 Å². The highest BCUT2D eigenvalue weighted by molar-refractivity contribution is 6.13. The van der Waals surface area contributed by atoms with Crippen molar-refractivity contribution in [3.63, 3.8) is 0 Å². The number of H-pyrrole nitrogens is 1. The molecular weight excluding hydrogens is 244 g/mol. The molecule has 0 saturated heterocycles. The van der Waals surface area contributed by atoms with Crippen molar-refractivity contribution in [2.24, 2.45) is 5.73 Å². The minimum atomic E-state index is -0.993. The molecule has 0 radical (unpaired) electrons. The summed E-state index contributed by atoms with van der Waals surface area (Å²) >= 11 is 0. The Morgan fingerprint density at radius 2 is 2.16 bits per heavy atom. The Labute approximate surface area is 108 Å². The summed E-state index contributed by atoms with van der Waals surface area (Å²) in [5.41, 5.74) is 12.7. The minimum absolute atomic E-state index is 0.137. The van der Waals surface area contributed by atoms with E-state index in [0.29, 0.717) is 16.9 Å². The van der Waals surface area contributed by atoms with E-state index in [1.165, 1.54) is 0 Å². The maximum atomic E-state index is 11.3. The van der Waals surface area contributed by atoms with E-state index in [0.717, 1.165) is 16.3 Å². The zero-order chi connectivity index (χ0) is 13.6. The largest absolute Gasteiger partial charge is 0.478 e. The molecule has 0 unspecified atom stereocenters. The standard InChI is InChI=1S/C13H12N4O2/c14-4-9-11(13(18)19)7-2-1-6-5-16-10(15)3-8(6)12(7)17-9/h1-3,5,17H,4,14H2,(H2,15,16)(H,18,19). The van der Waals surface area contributed by atoms with Crippen LogP contribution in [-0.2, 0) is 6.54 Å². The lowest BCUT2D eigenvalue weighted by Crippen LogP contribution is -2.05. The van der Waals surface area contributed by atoms with Crippen molar-refractivity contribution in [3.05, 3.63) is 35.7 Å². The number of anilines is 1. The van der Waals surface area contributed by atoms with Gasteiger partial charge in [0.2, 0.25) is 0 Å². The first-order valence-electron chi connectivity index (χ1n) is 5.74. The smallest absolute Gasteiger partial charge is 0.338 e. The average molecular weight is 256 g/mol. The average Bonchev–Trinajstić information content (AvgIpc) is 2.77. The third-order valence-electron chi connectivity index (χ3n) is 3.19. The molecule has 0 saturated carbocycles. The quantitative estimate of drug-likeness (QED) is 0.553. The van der Waals surface area contributed by atoms with Gasteiger partial charge < -0.3 is 21.6 Å². The van der Waals surface area contributed by atoms with Crippen molar-refractivity contribution in [1.29, 1.82) is 0 Å². The molecule has 19 heavy (non-hydrogen) atoms. The van der Waals surface area contributed by atoms with Crippen LogP contribution in [0.25, 0.3) is 21.7 Å². The van der Waals surface area contributed by atoms with Crippen LogP contribution < -0.4 is 11.5 Å². The second-order valence-electron chi connectivity index (χ2n) is 4.31. The van der Waals surface area contributed by atoms with Crippen LogP contribution in [0.15, 0.2) is 24.4 Å². The van der Waals surface area contributed by atoms with Crippen LogP contribution in [0, 0.1) is 0 Å². The van der Waals surface area contributed by atoms with Gasteiger partial charge >= 0.3 is 5.97 Å². The van der Waals surface area contributed by atoms with Crippen LogP contribution >= 0.6 is 0 Å². The molecule has 6 N–H and O–H groups in total. The molecule has 0 atom stereocenters. The van der Waals surface area contributed by atoms with E-state index in [9.17, 15) is 9.90 Å². The van der Waals surface area contributed by atoms with Gasteiger partial charge in [-0.2, -0.15) is 0 Å². The number of aromatic carboxylic acids is 1. The monoisotopic (exact) mass is 256 g/mol. The van der Waals surface area contributed by atoms with Gasteiger partial charge in [-0.25, -0.2) is 9.78 Å². The van der Waals surface area contributed by atoms with Crippen LogP contribution in [0.3, 0.4) is 0 Å². The number of aromatic amines is 1. The number of hydrogen-bond donors (Lipinski definition) is 4. The number of fused-ring (bicyclic) bond motifs is 3. The minimum Gasteiger partial charge on any atom is -0.478 e. The lowest BCUT2D eigenvalue weighted by molar-refractivity contribution is 0.0698. The van der Waals surface area contributed by atoms with Gasteiger partial charge in [0.25, 0.3) is 0 Å². The fraction of sp³-hybridized carbons (Fsp3) is 0.0769. The summed E-state index contributed by atoms with van der Waals surface area (Å²) in [5, 5.41) is 11.7. The van der Waals surface area contributed by atoms with E-state index >= 15 is 0 Å². The normalized spacial score (nSPS) is 11.2. The topological polar surface area (TPSA) is 118 Å². The Balaban J connectivity index is 2.49. The Bertz CT molecular complexity index is 807. The lowest BCUT2D eigenvalue weighted by Gasteiger charge is -2.00. The molecule has 0 bridgehead atoms. The zero-order valence-electron chi connectivity index (χ0n) is 9.97. The van der Waals surface area contributed by atoms with Gasteiger partial charge in [0.05, 0.1) is 11.1 Å². The number of carboxylic acid groups (broad SMARTS) is 1. The first-order valence-corrected chi connectivity index (χ1v) is 5.74. The molecule has 0 aliphatic rings. The number of nitrogens with two attached hydrogens (primary N) is 2. The van der Waals surface area contributed by atoms with Gasteiger partial charge in [0.15, 0.2) is 0 Å². The van der Waals surface area contributed by atoms with E-state index in [1.54, 1.807) is 18.3 Å². The predicted octanol–water partition coefficient (Wildman–Crippen LogP) is 1.46. The number of hydrogen-bond acceptors (Lipinski definition) is 4. The van der Waals surface area contributed by atoms with Crippen molar-refractivity contribution in [2.75, 3.05) is 5.73 Å². The number of rotatable bonds is 2. The van der Waals surface area contributed by atoms with Gasteiger partial charge in [0.1, 0.15) is 5.82 Å². The maximum Gasteiger partial charge on any atom is 0.338 e. The Morgan fingerprint density at radius 3 is 2.84 bits per heavy atom. The molecule has 2 aromatic heterocycles. The van der Waals surface area contributed by atoms with Crippen LogP contribution in [-0.4, -0.2) is 21.0 Å². The number of nitrogens with one attached hydrogen (secondary N) is 1. The SMILES string of the molecule is NCc1[nH]c2c(ccc3cnc(N)cc32)c1C(=O)O. The summed E-state index contributed by atoms with van der Waals surface area (Å²) in [5.74, 6) is -0.603. The van der Waals surface area contributed by atoms with Crippen molar-refractivity contribution in [1.82, 2.24) is 9.97 Å². The van der Waals surface area contributed by atoms with Gasteiger partial charge in [-0.3, -0.25) is 0 Å². The van der Waals surface area contributed by atoms with Crippen molar-refractivity contribution in [2.45, 2.75) is 6.54 Å². The molecule has 6 heteroatoms. The van der Waals surface area contributed by atoms with Gasteiger partial charge in [0, 0.05) is 34.6 Å². The number of carboxylic acids is 1. The van der Waals surface area contributed by atoms with Crippen molar-refractivity contribution >= 4 is 33.5 Å². The fourth-order valence-electron chi connectivity index (χ4n) is 2.35. The molecule has 0 aliphatic heterocycles. The van der Waals surface area contributed by atoms with Gasteiger partial charge in [-0.05, 0) is 6.07 Å². The molecule has 0 amide bonds.